The molecule has 0 spiro atoms. The van der Waals surface area contributed by atoms with E-state index in [9.17, 15) is 19.8 Å². The van der Waals surface area contributed by atoms with Gasteiger partial charge in [-0.05, 0) is 90.3 Å². The lowest BCUT2D eigenvalue weighted by atomic mass is 9.69. The molecular formula is C43H56N2O5. The summed E-state index contributed by atoms with van der Waals surface area (Å²) in [6.45, 7) is 5.09. The average Bonchev–Trinajstić information content (AvgIpc) is 3.25. The molecule has 5 rings (SSSR count). The molecule has 1 fully saturated rings. The van der Waals surface area contributed by atoms with Crippen LogP contribution in [0.4, 0.5) is 0 Å². The number of aliphatic hydroxyl groups excluding tert-OH is 1. The predicted molar refractivity (Wildman–Crippen MR) is 198 cm³/mol. The Morgan fingerprint density at radius 2 is 1.76 bits per heavy atom. The van der Waals surface area contributed by atoms with E-state index in [2.05, 4.69) is 37.1 Å². The van der Waals surface area contributed by atoms with Crippen molar-refractivity contribution >= 4 is 11.6 Å². The number of nitrogens with two attached hydrogens (primary N) is 1. The summed E-state index contributed by atoms with van der Waals surface area (Å²) in [5, 5.41) is 25.7. The van der Waals surface area contributed by atoms with E-state index >= 15 is 0 Å². The zero-order chi connectivity index (χ0) is 35.6. The number of aryl methyl sites for hydroxylation is 1. The van der Waals surface area contributed by atoms with Crippen LogP contribution in [0.3, 0.4) is 0 Å². The predicted octanol–water partition coefficient (Wildman–Crippen LogP) is 7.35. The lowest BCUT2D eigenvalue weighted by molar-refractivity contribution is -0.143. The molecule has 50 heavy (non-hydrogen) atoms. The molecule has 7 atom stereocenters. The smallest absolute Gasteiger partial charge is 0.173 e. The van der Waals surface area contributed by atoms with Crippen LogP contribution < -0.4 is 15.8 Å². The van der Waals surface area contributed by atoms with Crippen molar-refractivity contribution in [1.29, 1.82) is 0 Å². The number of methoxy groups -OCH3 is 1. The maximum absolute atomic E-state index is 14.7. The van der Waals surface area contributed by atoms with Gasteiger partial charge in [-0.1, -0.05) is 101 Å². The van der Waals surface area contributed by atoms with E-state index in [0.29, 0.717) is 24.5 Å². The lowest BCUT2D eigenvalue weighted by Gasteiger charge is -2.34. The third-order valence-corrected chi connectivity index (χ3v) is 11.2. The molecular weight excluding hydrogens is 624 g/mol. The fraction of sp³-hybridized carbons (Fsp3) is 0.535. The molecule has 7 unspecified atom stereocenters. The number of Topliss-reactive ketones (excluding diaryl/α,β-unsaturated/α-hetero) is 2. The molecule has 2 aliphatic carbocycles. The van der Waals surface area contributed by atoms with E-state index in [1.165, 1.54) is 12.7 Å². The highest BCUT2D eigenvalue weighted by Crippen LogP contribution is 2.47. The van der Waals surface area contributed by atoms with E-state index in [1.807, 2.05) is 36.4 Å². The standard InChI is InChI=1S/C43H56N2O5/c1-4-6-9-15-35-31(12-7-5-2)23-29(22-28-20-21-45-40(44)25-28)24-33-16-18-34(30-13-10-8-11-14-30)36-27-38(47)39(50-3)26-32(36)17-19-37(46)42(48)43(49)41(33)35/h8,10-11,13-14,20,25-27,29,31,33-35,41-42,45,47-48H,4-7,9,12,15,17,19,21-24,44H2,1-3H3. The fourth-order valence-corrected chi connectivity index (χ4v) is 8.64. The molecule has 0 saturated heterocycles. The number of benzene rings is 2. The number of fused-ring (bicyclic) bond motifs is 2. The zero-order valence-corrected chi connectivity index (χ0v) is 30.1. The third-order valence-electron chi connectivity index (χ3n) is 11.2. The van der Waals surface area contributed by atoms with Crippen molar-refractivity contribution < 1.29 is 24.5 Å². The first-order valence-corrected chi connectivity index (χ1v) is 18.8. The van der Waals surface area contributed by atoms with Gasteiger partial charge in [0.15, 0.2) is 29.2 Å². The van der Waals surface area contributed by atoms with E-state index in [0.717, 1.165) is 74.5 Å². The number of ketones is 2. The number of aliphatic hydroxyl groups is 1. The number of hydrogen-bond acceptors (Lipinski definition) is 7. The zero-order valence-electron chi connectivity index (χ0n) is 30.1. The van der Waals surface area contributed by atoms with Crippen LogP contribution >= 0.6 is 0 Å². The Morgan fingerprint density at radius 3 is 2.48 bits per heavy atom. The number of hydrogen-bond donors (Lipinski definition) is 4. The summed E-state index contributed by atoms with van der Waals surface area (Å²) in [6.07, 6.45) is 12.5. The molecule has 5 N–H and O–H groups in total. The largest absolute Gasteiger partial charge is 0.504 e. The Bertz CT molecular complexity index is 1600. The molecule has 0 bridgehead atoms. The maximum Gasteiger partial charge on any atom is 0.173 e. The summed E-state index contributed by atoms with van der Waals surface area (Å²) >= 11 is 0. The first-order chi connectivity index (χ1) is 24.2. The maximum atomic E-state index is 14.7. The number of phenols is 1. The first-order valence-electron chi connectivity index (χ1n) is 18.8. The molecule has 2 aromatic carbocycles. The highest BCUT2D eigenvalue weighted by Gasteiger charge is 2.46. The first kappa shape index (κ1) is 37.2. The second kappa shape index (κ2) is 17.8. The number of nitrogens with one attached hydrogen (secondary N) is 1. The molecule has 1 heterocycles. The van der Waals surface area contributed by atoms with Crippen LogP contribution in [0, 0.1) is 41.4 Å². The van der Waals surface area contributed by atoms with Crippen LogP contribution in [0.15, 0.2) is 66.0 Å². The number of rotatable bonds is 11. The van der Waals surface area contributed by atoms with Crippen molar-refractivity contribution in [3.05, 3.63) is 82.7 Å². The molecule has 0 aromatic heterocycles. The molecule has 3 aliphatic rings. The number of ether oxygens (including phenoxy) is 1. The van der Waals surface area contributed by atoms with Crippen LogP contribution in [-0.4, -0.2) is 41.5 Å². The minimum absolute atomic E-state index is 0.00149. The average molecular weight is 681 g/mol. The summed E-state index contributed by atoms with van der Waals surface area (Å²) in [7, 11) is 1.50. The number of unbranched alkanes of at least 4 members (excludes halogenated alkanes) is 3. The molecule has 2 aromatic rings. The molecule has 7 heteroatoms. The van der Waals surface area contributed by atoms with Crippen molar-refractivity contribution in [1.82, 2.24) is 5.32 Å². The Hall–Kier alpha value is -4.02. The van der Waals surface area contributed by atoms with Crippen LogP contribution in [0.25, 0.3) is 0 Å². The van der Waals surface area contributed by atoms with Gasteiger partial charge in [-0.3, -0.25) is 9.59 Å². The SMILES string of the molecule is CCCCCC1C(CCCC)CC(CC2=CCNC(N)=C2)CC2C#CC(c3ccccc3)c3cc(O)c(OC)cc3CCC(=O)C(O)C(=O)C21. The van der Waals surface area contributed by atoms with Crippen LogP contribution in [0.2, 0.25) is 0 Å². The number of aromatic hydroxyl groups is 1. The number of dihydropyridines is 1. The highest BCUT2D eigenvalue weighted by molar-refractivity contribution is 6.06. The molecule has 0 radical (unpaired) electrons. The van der Waals surface area contributed by atoms with E-state index in [4.69, 9.17) is 10.5 Å². The third kappa shape index (κ3) is 9.01. The minimum Gasteiger partial charge on any atom is -0.504 e. The summed E-state index contributed by atoms with van der Waals surface area (Å²) < 4.78 is 5.45. The molecule has 1 saturated carbocycles. The van der Waals surface area contributed by atoms with Crippen molar-refractivity contribution in [3.63, 3.8) is 0 Å². The topological polar surface area (TPSA) is 122 Å². The number of allylic oxidation sites excluding steroid dienone is 2. The van der Waals surface area contributed by atoms with Crippen LogP contribution in [-0.2, 0) is 16.0 Å². The number of carbonyl (C=O) groups is 2. The monoisotopic (exact) mass is 680 g/mol. The van der Waals surface area contributed by atoms with Crippen LogP contribution in [0.5, 0.6) is 11.5 Å². The van der Waals surface area contributed by atoms with Gasteiger partial charge in [0.2, 0.25) is 0 Å². The van der Waals surface area contributed by atoms with Gasteiger partial charge < -0.3 is 26.0 Å². The van der Waals surface area contributed by atoms with Gasteiger partial charge in [0, 0.05) is 24.8 Å². The molecule has 7 nitrogen and oxygen atoms in total. The Morgan fingerprint density at radius 1 is 0.980 bits per heavy atom. The van der Waals surface area contributed by atoms with Gasteiger partial charge in [0.25, 0.3) is 0 Å². The second-order valence-corrected chi connectivity index (χ2v) is 14.6. The number of phenolic OH excluding ortho intramolecular Hbond substituents is 1. The van der Waals surface area contributed by atoms with Gasteiger partial charge in [-0.2, -0.15) is 0 Å². The summed E-state index contributed by atoms with van der Waals surface area (Å²) in [5.41, 5.74) is 9.97. The van der Waals surface area contributed by atoms with Gasteiger partial charge in [0.1, 0.15) is 0 Å². The Kier molecular flexibility index (Phi) is 13.2. The van der Waals surface area contributed by atoms with Gasteiger partial charge >= 0.3 is 0 Å². The van der Waals surface area contributed by atoms with Gasteiger partial charge in [0.05, 0.1) is 18.8 Å². The van der Waals surface area contributed by atoms with Crippen molar-refractivity contribution in [2.24, 2.45) is 35.3 Å². The number of carbonyl (C=O) groups excluding carboxylic acids is 2. The van der Waals surface area contributed by atoms with E-state index in [1.54, 1.807) is 12.1 Å². The van der Waals surface area contributed by atoms with Gasteiger partial charge in [-0.25, -0.2) is 0 Å². The van der Waals surface area contributed by atoms with E-state index < -0.39 is 23.7 Å². The molecule has 1 aliphatic heterocycles. The molecule has 268 valence electrons. The van der Waals surface area contributed by atoms with Gasteiger partial charge in [-0.15, -0.1) is 0 Å². The second-order valence-electron chi connectivity index (χ2n) is 14.6. The summed E-state index contributed by atoms with van der Waals surface area (Å²) in [4.78, 5) is 28.4. The normalized spacial score (nSPS) is 27.1. The van der Waals surface area contributed by atoms with Crippen LogP contribution in [0.1, 0.15) is 107 Å². The molecule has 0 amide bonds. The highest BCUT2D eigenvalue weighted by atomic mass is 16.5. The van der Waals surface area contributed by atoms with Crippen molar-refractivity contribution in [2.45, 2.75) is 103 Å². The summed E-state index contributed by atoms with van der Waals surface area (Å²) in [5.74, 6) is 6.75. The quantitative estimate of drug-likeness (QED) is 0.111. The van der Waals surface area contributed by atoms with Crippen molar-refractivity contribution in [2.75, 3.05) is 13.7 Å². The van der Waals surface area contributed by atoms with E-state index in [-0.39, 0.29) is 48.0 Å². The van der Waals surface area contributed by atoms with Crippen molar-refractivity contribution in [3.8, 4) is 23.3 Å². The fourth-order valence-electron chi connectivity index (χ4n) is 8.64. The summed E-state index contributed by atoms with van der Waals surface area (Å²) in [6, 6.07) is 13.5. The minimum atomic E-state index is -1.69. The Labute approximate surface area is 298 Å². The Balaban J connectivity index is 1.69. The lowest BCUT2D eigenvalue weighted by Crippen LogP contribution is -2.42.